The van der Waals surface area contributed by atoms with Crippen molar-refractivity contribution in [2.24, 2.45) is 5.73 Å². The molecule has 0 radical (unpaired) electrons. The van der Waals surface area contributed by atoms with E-state index in [0.717, 1.165) is 0 Å². The zero-order valence-electron chi connectivity index (χ0n) is 4.43. The molecule has 0 aliphatic rings. The molecule has 0 aromatic carbocycles. The van der Waals surface area contributed by atoms with Gasteiger partial charge in [-0.2, -0.15) is 0 Å². The Balaban J connectivity index is 3.72. The highest BCUT2D eigenvalue weighted by atomic mass is 32.2. The maximum atomic E-state index is 8.65. The normalized spacial score (nSPS) is 13.4. The van der Waals surface area contributed by atoms with Crippen LogP contribution in [0.4, 0.5) is 0 Å². The van der Waals surface area contributed by atoms with Gasteiger partial charge in [-0.1, -0.05) is 11.8 Å². The molecule has 7 heavy (non-hydrogen) atoms. The molecule has 0 saturated heterocycles. The summed E-state index contributed by atoms with van der Waals surface area (Å²) < 4.78 is 0. The summed E-state index contributed by atoms with van der Waals surface area (Å²) in [6, 6.07) is 0. The van der Waals surface area contributed by atoms with Gasteiger partial charge in [0.15, 0.2) is 5.09 Å². The summed E-state index contributed by atoms with van der Waals surface area (Å²) in [5.74, 6) is 0. The summed E-state index contributed by atoms with van der Waals surface area (Å²) in [4.78, 5) is 0. The van der Waals surface area contributed by atoms with Gasteiger partial charge in [0.25, 0.3) is 0 Å². The summed E-state index contributed by atoms with van der Waals surface area (Å²) in [5, 5.41) is 8.86. The second kappa shape index (κ2) is 2.80. The van der Waals surface area contributed by atoms with Crippen molar-refractivity contribution < 1.29 is 5.11 Å². The molecule has 3 N–H and O–H groups in total. The third-order valence-electron chi connectivity index (χ3n) is 0.531. The molecule has 0 amide bonds. The van der Waals surface area contributed by atoms with Gasteiger partial charge in [0, 0.05) is 0 Å². The summed E-state index contributed by atoms with van der Waals surface area (Å²) in [7, 11) is 0. The van der Waals surface area contributed by atoms with Crippen LogP contribution in [0.1, 0.15) is 6.92 Å². The Labute approximate surface area is 47.4 Å². The van der Waals surface area contributed by atoms with Crippen LogP contribution in [0, 0.1) is 0 Å². The zero-order valence-corrected chi connectivity index (χ0v) is 5.25. The molecule has 0 aliphatic carbocycles. The van der Waals surface area contributed by atoms with E-state index in [1.54, 1.807) is 13.2 Å². The van der Waals surface area contributed by atoms with Gasteiger partial charge in [0.2, 0.25) is 0 Å². The molecule has 0 heterocycles. The van der Waals surface area contributed by atoms with Crippen molar-refractivity contribution in [3.8, 4) is 0 Å². The van der Waals surface area contributed by atoms with Crippen LogP contribution in [0.15, 0.2) is 10.8 Å². The minimum Gasteiger partial charge on any atom is -0.501 e. The Kier molecular flexibility index (Phi) is 2.67. The molecule has 0 spiro atoms. The van der Waals surface area contributed by atoms with Gasteiger partial charge in [-0.15, -0.1) is 0 Å². The highest BCUT2D eigenvalue weighted by Gasteiger charge is 1.88. The Morgan fingerprint density at radius 1 is 1.71 bits per heavy atom. The lowest BCUT2D eigenvalue weighted by atomic mass is 10.6. The van der Waals surface area contributed by atoms with E-state index in [4.69, 9.17) is 10.8 Å². The quantitative estimate of drug-likeness (QED) is 0.507. The maximum Gasteiger partial charge on any atom is 0.168 e. The van der Waals surface area contributed by atoms with E-state index in [0.29, 0.717) is 5.70 Å². The first-order valence-corrected chi connectivity index (χ1v) is 3.10. The van der Waals surface area contributed by atoms with E-state index in [2.05, 4.69) is 0 Å². The fourth-order valence-corrected chi connectivity index (χ4v) is 0.483. The number of aliphatic hydroxyl groups is 1. The average molecular weight is 119 g/mol. The van der Waals surface area contributed by atoms with Crippen LogP contribution in [0.3, 0.4) is 0 Å². The van der Waals surface area contributed by atoms with Gasteiger partial charge in [0.05, 0.1) is 5.70 Å². The Bertz CT molecular complexity index is 85.7. The number of thioether (sulfide) groups is 1. The molecule has 0 fully saturated rings. The highest BCUT2D eigenvalue weighted by Crippen LogP contribution is 2.07. The predicted octanol–water partition coefficient (Wildman–Crippen LogP) is 1.06. The summed E-state index contributed by atoms with van der Waals surface area (Å²) in [6.45, 7) is 1.66. The molecule has 3 heteroatoms. The first-order valence-electron chi connectivity index (χ1n) is 1.87. The second-order valence-corrected chi connectivity index (χ2v) is 1.99. The van der Waals surface area contributed by atoms with Crippen molar-refractivity contribution in [3.05, 3.63) is 10.8 Å². The fraction of sp³-hybridized carbons (Fsp3) is 0.500. The van der Waals surface area contributed by atoms with Crippen molar-refractivity contribution in [2.75, 3.05) is 6.26 Å². The first kappa shape index (κ1) is 6.69. The molecule has 0 unspecified atom stereocenters. The van der Waals surface area contributed by atoms with Crippen LogP contribution >= 0.6 is 11.8 Å². The molecular formula is C4H9NOS. The van der Waals surface area contributed by atoms with E-state index in [1.165, 1.54) is 11.8 Å². The van der Waals surface area contributed by atoms with Gasteiger partial charge >= 0.3 is 0 Å². The molecule has 0 atom stereocenters. The average Bonchev–Trinajstić information content (AvgIpc) is 1.65. The summed E-state index contributed by atoms with van der Waals surface area (Å²) in [6.07, 6.45) is 1.77. The first-order chi connectivity index (χ1) is 3.18. The van der Waals surface area contributed by atoms with Crippen LogP contribution < -0.4 is 5.73 Å². The standard InChI is InChI=1S/C4H9NOS/c1-3(5)4(6)7-2/h6H,5H2,1-2H3/b4-3+. The van der Waals surface area contributed by atoms with Crippen molar-refractivity contribution in [1.82, 2.24) is 0 Å². The second-order valence-electron chi connectivity index (χ2n) is 1.19. The van der Waals surface area contributed by atoms with E-state index in [-0.39, 0.29) is 5.09 Å². The van der Waals surface area contributed by atoms with E-state index in [9.17, 15) is 0 Å². The molecular weight excluding hydrogens is 110 g/mol. The highest BCUT2D eigenvalue weighted by molar-refractivity contribution is 8.02. The largest absolute Gasteiger partial charge is 0.501 e. The van der Waals surface area contributed by atoms with E-state index >= 15 is 0 Å². The molecule has 0 bridgehead atoms. The molecule has 0 aromatic rings. The lowest BCUT2D eigenvalue weighted by Gasteiger charge is -1.92. The smallest absolute Gasteiger partial charge is 0.168 e. The van der Waals surface area contributed by atoms with Crippen LogP contribution in [-0.2, 0) is 0 Å². The number of nitrogens with two attached hydrogens (primary N) is 1. The van der Waals surface area contributed by atoms with Crippen LogP contribution in [0.2, 0.25) is 0 Å². The van der Waals surface area contributed by atoms with Crippen LogP contribution in [0.25, 0.3) is 0 Å². The van der Waals surface area contributed by atoms with Gasteiger partial charge in [-0.25, -0.2) is 0 Å². The molecule has 0 aliphatic heterocycles. The minimum absolute atomic E-state index is 0.208. The molecule has 0 saturated carbocycles. The van der Waals surface area contributed by atoms with Crippen LogP contribution in [-0.4, -0.2) is 11.4 Å². The maximum absolute atomic E-state index is 8.65. The van der Waals surface area contributed by atoms with Gasteiger partial charge in [-0.05, 0) is 13.2 Å². The van der Waals surface area contributed by atoms with Gasteiger partial charge in [0.1, 0.15) is 0 Å². The van der Waals surface area contributed by atoms with Gasteiger partial charge < -0.3 is 10.8 Å². The number of aliphatic hydroxyl groups excluding tert-OH is 1. The predicted molar refractivity (Wildman–Crippen MR) is 33.0 cm³/mol. The summed E-state index contributed by atoms with van der Waals surface area (Å²) in [5.41, 5.74) is 5.63. The van der Waals surface area contributed by atoms with Crippen LogP contribution in [0.5, 0.6) is 0 Å². The minimum atomic E-state index is 0.208. The Morgan fingerprint density at radius 3 is 2.14 bits per heavy atom. The number of hydrogen-bond acceptors (Lipinski definition) is 3. The summed E-state index contributed by atoms with van der Waals surface area (Å²) >= 11 is 1.24. The Morgan fingerprint density at radius 2 is 2.14 bits per heavy atom. The third kappa shape index (κ3) is 2.39. The number of allylic oxidation sites excluding steroid dienone is 1. The fourth-order valence-electron chi connectivity index (χ4n) is 0.161. The van der Waals surface area contributed by atoms with Crippen molar-refractivity contribution >= 4 is 11.8 Å². The number of hydrogen-bond donors (Lipinski definition) is 2. The molecule has 42 valence electrons. The third-order valence-corrected chi connectivity index (χ3v) is 1.24. The lowest BCUT2D eigenvalue weighted by molar-refractivity contribution is 0.449. The molecule has 2 nitrogen and oxygen atoms in total. The van der Waals surface area contributed by atoms with E-state index in [1.807, 2.05) is 0 Å². The SMILES string of the molecule is CS/C(O)=C(\C)N. The molecule has 0 rings (SSSR count). The monoisotopic (exact) mass is 119 g/mol. The topological polar surface area (TPSA) is 46.2 Å². The van der Waals surface area contributed by atoms with Crippen molar-refractivity contribution in [2.45, 2.75) is 6.92 Å². The van der Waals surface area contributed by atoms with E-state index < -0.39 is 0 Å². The van der Waals surface area contributed by atoms with Gasteiger partial charge in [-0.3, -0.25) is 0 Å². The number of rotatable bonds is 1. The van der Waals surface area contributed by atoms with Crippen molar-refractivity contribution in [3.63, 3.8) is 0 Å². The Hall–Kier alpha value is -0.310. The van der Waals surface area contributed by atoms with Crippen molar-refractivity contribution in [1.29, 1.82) is 0 Å². The molecule has 0 aromatic heterocycles. The zero-order chi connectivity index (χ0) is 5.86. The lowest BCUT2D eigenvalue weighted by Crippen LogP contribution is -1.93.